The number of aryl methyl sites for hydroxylation is 1. The normalized spacial score (nSPS) is 15.0. The van der Waals surface area contributed by atoms with Crippen molar-refractivity contribution in [2.24, 2.45) is 5.92 Å². The van der Waals surface area contributed by atoms with Gasteiger partial charge in [0.05, 0.1) is 9.82 Å². The molecule has 0 bridgehead atoms. The van der Waals surface area contributed by atoms with Crippen LogP contribution in [0, 0.1) is 23.0 Å². The van der Waals surface area contributed by atoms with Gasteiger partial charge < -0.3 is 0 Å². The van der Waals surface area contributed by atoms with Gasteiger partial charge in [-0.2, -0.15) is 0 Å². The number of nitro groups is 1. The van der Waals surface area contributed by atoms with Gasteiger partial charge in [0.1, 0.15) is 0 Å². The van der Waals surface area contributed by atoms with Crippen LogP contribution in [0.15, 0.2) is 23.1 Å². The number of amides is 1. The molecule has 2 rings (SSSR count). The number of nitrogens with one attached hydrogen (secondary N) is 1. The van der Waals surface area contributed by atoms with E-state index in [0.717, 1.165) is 18.2 Å². The fourth-order valence-electron chi connectivity index (χ4n) is 1.66. The molecule has 1 N–H and O–H groups in total. The summed E-state index contributed by atoms with van der Waals surface area (Å²) in [7, 11) is -3.96. The molecule has 7 nitrogen and oxygen atoms in total. The number of nitro benzene ring substituents is 1. The van der Waals surface area contributed by atoms with E-state index < -0.39 is 20.9 Å². The van der Waals surface area contributed by atoms with Crippen molar-refractivity contribution >= 4 is 21.6 Å². The molecule has 0 radical (unpaired) electrons. The van der Waals surface area contributed by atoms with E-state index in [0.29, 0.717) is 12.8 Å². The second-order valence-corrected chi connectivity index (χ2v) is 6.10. The van der Waals surface area contributed by atoms with Crippen LogP contribution in [0.1, 0.15) is 18.4 Å². The molecule has 8 heteroatoms. The van der Waals surface area contributed by atoms with Crippen LogP contribution in [0.4, 0.5) is 5.69 Å². The number of carbonyl (C=O) groups excluding carboxylic acids is 1. The number of nitrogens with zero attached hydrogens (tertiary/aromatic N) is 1. The summed E-state index contributed by atoms with van der Waals surface area (Å²) in [6.45, 7) is 1.45. The van der Waals surface area contributed by atoms with E-state index in [1.165, 1.54) is 6.92 Å². The Kier molecular flexibility index (Phi) is 3.27. The number of carbonyl (C=O) groups is 1. The minimum absolute atomic E-state index is 0.118. The third-order valence-electron chi connectivity index (χ3n) is 2.84. The average molecular weight is 284 g/mol. The molecular weight excluding hydrogens is 272 g/mol. The Labute approximate surface area is 109 Å². The predicted octanol–water partition coefficient (Wildman–Crippen LogP) is 1.12. The third-order valence-corrected chi connectivity index (χ3v) is 4.35. The fraction of sp³-hybridized carbons (Fsp3) is 0.364. The quantitative estimate of drug-likeness (QED) is 0.658. The van der Waals surface area contributed by atoms with Gasteiger partial charge >= 0.3 is 0 Å². The van der Waals surface area contributed by atoms with Crippen LogP contribution >= 0.6 is 0 Å². The first-order valence-electron chi connectivity index (χ1n) is 5.63. The number of hydrogen-bond donors (Lipinski definition) is 1. The Hall–Kier alpha value is -1.96. The van der Waals surface area contributed by atoms with Crippen molar-refractivity contribution in [3.05, 3.63) is 33.9 Å². The van der Waals surface area contributed by atoms with Crippen molar-refractivity contribution in [2.45, 2.75) is 24.7 Å². The maximum atomic E-state index is 12.0. The molecule has 1 aliphatic rings. The van der Waals surface area contributed by atoms with Crippen LogP contribution in [0.25, 0.3) is 0 Å². The van der Waals surface area contributed by atoms with E-state index in [1.807, 2.05) is 4.72 Å². The SMILES string of the molecule is Cc1cc([N+](=O)[O-])ccc1S(=O)(=O)NC(=O)C1CC1. The Balaban J connectivity index is 2.29. The molecule has 102 valence electrons. The van der Waals surface area contributed by atoms with Gasteiger partial charge in [-0.15, -0.1) is 0 Å². The maximum Gasteiger partial charge on any atom is 0.269 e. The average Bonchev–Trinajstić information content (AvgIpc) is 3.11. The minimum atomic E-state index is -3.96. The molecule has 0 aliphatic heterocycles. The van der Waals surface area contributed by atoms with Gasteiger partial charge in [0, 0.05) is 18.1 Å². The maximum absolute atomic E-state index is 12.0. The van der Waals surface area contributed by atoms with E-state index >= 15 is 0 Å². The second-order valence-electron chi connectivity index (χ2n) is 4.45. The van der Waals surface area contributed by atoms with E-state index in [1.54, 1.807) is 0 Å². The van der Waals surface area contributed by atoms with E-state index in [2.05, 4.69) is 0 Å². The highest BCUT2D eigenvalue weighted by atomic mass is 32.2. The van der Waals surface area contributed by atoms with Crippen molar-refractivity contribution in [1.29, 1.82) is 0 Å². The molecule has 0 unspecified atom stereocenters. The summed E-state index contributed by atoms with van der Waals surface area (Å²) in [6.07, 6.45) is 1.39. The molecule has 0 atom stereocenters. The molecule has 0 spiro atoms. The Morgan fingerprint density at radius 1 is 1.42 bits per heavy atom. The predicted molar refractivity (Wildman–Crippen MR) is 65.9 cm³/mol. The van der Waals surface area contributed by atoms with Gasteiger partial charge in [0.2, 0.25) is 5.91 Å². The van der Waals surface area contributed by atoms with Crippen molar-refractivity contribution in [3.63, 3.8) is 0 Å². The minimum Gasteiger partial charge on any atom is -0.274 e. The monoisotopic (exact) mass is 284 g/mol. The van der Waals surface area contributed by atoms with Crippen LogP contribution in [0.3, 0.4) is 0 Å². The van der Waals surface area contributed by atoms with Gasteiger partial charge in [-0.3, -0.25) is 14.9 Å². The van der Waals surface area contributed by atoms with E-state index in [9.17, 15) is 23.3 Å². The molecule has 1 amide bonds. The lowest BCUT2D eigenvalue weighted by Crippen LogP contribution is -2.32. The third kappa shape index (κ3) is 2.90. The van der Waals surface area contributed by atoms with Crippen molar-refractivity contribution in [3.8, 4) is 0 Å². The van der Waals surface area contributed by atoms with Crippen molar-refractivity contribution in [1.82, 2.24) is 4.72 Å². The summed E-state index contributed by atoms with van der Waals surface area (Å²) in [4.78, 5) is 21.3. The molecule has 0 heterocycles. The smallest absolute Gasteiger partial charge is 0.269 e. The van der Waals surface area contributed by atoms with Crippen LogP contribution in [0.5, 0.6) is 0 Å². The van der Waals surface area contributed by atoms with Crippen LogP contribution in [-0.4, -0.2) is 19.2 Å². The summed E-state index contributed by atoms with van der Waals surface area (Å²) < 4.78 is 25.9. The van der Waals surface area contributed by atoms with Gasteiger partial charge in [-0.25, -0.2) is 13.1 Å². The molecule has 1 fully saturated rings. The van der Waals surface area contributed by atoms with Crippen LogP contribution < -0.4 is 4.72 Å². The molecule has 0 aromatic heterocycles. The zero-order chi connectivity index (χ0) is 14.2. The topological polar surface area (TPSA) is 106 Å². The summed E-state index contributed by atoms with van der Waals surface area (Å²) in [5.41, 5.74) is 0.0373. The Morgan fingerprint density at radius 2 is 2.05 bits per heavy atom. The lowest BCUT2D eigenvalue weighted by molar-refractivity contribution is -0.385. The van der Waals surface area contributed by atoms with Crippen molar-refractivity contribution in [2.75, 3.05) is 0 Å². The first-order valence-corrected chi connectivity index (χ1v) is 7.11. The molecule has 1 aromatic rings. The summed E-state index contributed by atoms with van der Waals surface area (Å²) in [5, 5.41) is 10.6. The highest BCUT2D eigenvalue weighted by Gasteiger charge is 2.33. The summed E-state index contributed by atoms with van der Waals surface area (Å²) in [6, 6.07) is 3.40. The van der Waals surface area contributed by atoms with Gasteiger partial charge in [0.25, 0.3) is 15.7 Å². The lowest BCUT2D eigenvalue weighted by Gasteiger charge is -2.08. The largest absolute Gasteiger partial charge is 0.274 e. The molecule has 0 saturated heterocycles. The highest BCUT2D eigenvalue weighted by molar-refractivity contribution is 7.90. The number of sulfonamides is 1. The van der Waals surface area contributed by atoms with E-state index in [4.69, 9.17) is 0 Å². The zero-order valence-corrected chi connectivity index (χ0v) is 10.9. The van der Waals surface area contributed by atoms with Gasteiger partial charge in [-0.1, -0.05) is 0 Å². The first kappa shape index (κ1) is 13.5. The van der Waals surface area contributed by atoms with Crippen LogP contribution in [-0.2, 0) is 14.8 Å². The molecule has 1 aromatic carbocycles. The highest BCUT2D eigenvalue weighted by Crippen LogP contribution is 2.29. The Bertz CT molecular complexity index is 649. The summed E-state index contributed by atoms with van der Waals surface area (Å²) >= 11 is 0. The number of hydrogen-bond acceptors (Lipinski definition) is 5. The summed E-state index contributed by atoms with van der Waals surface area (Å²) in [5.74, 6) is -0.745. The molecule has 19 heavy (non-hydrogen) atoms. The standard InChI is InChI=1S/C11H12N2O5S/c1-7-6-9(13(15)16)4-5-10(7)19(17,18)12-11(14)8-2-3-8/h4-6,8H,2-3H2,1H3,(H,12,14). The number of rotatable bonds is 4. The zero-order valence-electron chi connectivity index (χ0n) is 10.1. The molecule has 1 saturated carbocycles. The Morgan fingerprint density at radius 3 is 2.53 bits per heavy atom. The fourth-order valence-corrected chi connectivity index (χ4v) is 2.94. The first-order chi connectivity index (χ1) is 8.81. The van der Waals surface area contributed by atoms with Crippen LogP contribution in [0.2, 0.25) is 0 Å². The molecule has 1 aliphatic carbocycles. The van der Waals surface area contributed by atoms with E-state index in [-0.39, 0.29) is 22.1 Å². The second kappa shape index (κ2) is 4.61. The molecular formula is C11H12N2O5S. The number of non-ortho nitro benzene ring substituents is 1. The lowest BCUT2D eigenvalue weighted by atomic mass is 10.2. The van der Waals surface area contributed by atoms with Crippen molar-refractivity contribution < 1.29 is 18.1 Å². The van der Waals surface area contributed by atoms with Gasteiger partial charge in [0.15, 0.2) is 0 Å². The van der Waals surface area contributed by atoms with Gasteiger partial charge in [-0.05, 0) is 31.4 Å². The number of benzene rings is 1.